The van der Waals surface area contributed by atoms with E-state index in [0.717, 1.165) is 12.8 Å². The molecular formula is C11H21N3O3. The fraction of sp³-hybridized carbons (Fsp3) is 0.818. The molecule has 1 heterocycles. The van der Waals surface area contributed by atoms with Crippen LogP contribution < -0.4 is 11.1 Å². The zero-order valence-electron chi connectivity index (χ0n) is 10.2. The molecule has 2 amide bonds. The normalized spacial score (nSPS) is 21.3. The molecule has 0 aliphatic carbocycles. The molecule has 1 unspecified atom stereocenters. The molecule has 2 atom stereocenters. The molecule has 1 rings (SSSR count). The van der Waals surface area contributed by atoms with E-state index in [4.69, 9.17) is 10.8 Å². The van der Waals surface area contributed by atoms with Gasteiger partial charge in [0.1, 0.15) is 6.04 Å². The number of nitrogens with zero attached hydrogens (tertiary/aromatic N) is 1. The lowest BCUT2D eigenvalue weighted by Gasteiger charge is -2.20. The molecule has 0 radical (unpaired) electrons. The number of aliphatic carboxylic acids is 1. The fourth-order valence-corrected chi connectivity index (χ4v) is 2.00. The highest BCUT2D eigenvalue weighted by Gasteiger charge is 2.28. The first-order valence-corrected chi connectivity index (χ1v) is 6.06. The van der Waals surface area contributed by atoms with Gasteiger partial charge in [-0.2, -0.15) is 0 Å². The maximum Gasteiger partial charge on any atom is 0.326 e. The highest BCUT2D eigenvalue weighted by atomic mass is 16.4. The summed E-state index contributed by atoms with van der Waals surface area (Å²) in [5, 5.41) is 11.5. The van der Waals surface area contributed by atoms with Crippen LogP contribution >= 0.6 is 0 Å². The van der Waals surface area contributed by atoms with Crippen LogP contribution in [-0.4, -0.2) is 47.7 Å². The van der Waals surface area contributed by atoms with Crippen molar-refractivity contribution in [1.82, 2.24) is 10.2 Å². The Hall–Kier alpha value is -1.30. The summed E-state index contributed by atoms with van der Waals surface area (Å²) in [6.07, 6.45) is 2.08. The summed E-state index contributed by atoms with van der Waals surface area (Å²) in [7, 11) is 0. The van der Waals surface area contributed by atoms with Crippen LogP contribution in [0.5, 0.6) is 0 Å². The van der Waals surface area contributed by atoms with Gasteiger partial charge in [-0.25, -0.2) is 9.59 Å². The minimum atomic E-state index is -0.977. The van der Waals surface area contributed by atoms with E-state index >= 15 is 0 Å². The van der Waals surface area contributed by atoms with Crippen LogP contribution in [0.3, 0.4) is 0 Å². The summed E-state index contributed by atoms with van der Waals surface area (Å²) < 4.78 is 0. The second-order valence-corrected chi connectivity index (χ2v) is 4.47. The van der Waals surface area contributed by atoms with E-state index < -0.39 is 12.0 Å². The average Bonchev–Trinajstić information content (AvgIpc) is 2.76. The van der Waals surface area contributed by atoms with Gasteiger partial charge in [-0.15, -0.1) is 0 Å². The SMILES string of the molecule is CCC[C@@H](NC(=O)N1CCC(CN)C1)C(=O)O. The van der Waals surface area contributed by atoms with E-state index in [-0.39, 0.29) is 6.03 Å². The molecule has 0 saturated carbocycles. The highest BCUT2D eigenvalue weighted by Crippen LogP contribution is 2.14. The van der Waals surface area contributed by atoms with Crippen molar-refractivity contribution >= 4 is 12.0 Å². The molecule has 98 valence electrons. The summed E-state index contributed by atoms with van der Waals surface area (Å²) in [6, 6.07) is -1.08. The smallest absolute Gasteiger partial charge is 0.326 e. The van der Waals surface area contributed by atoms with E-state index in [1.165, 1.54) is 0 Å². The third-order valence-electron chi connectivity index (χ3n) is 3.08. The molecule has 0 aromatic carbocycles. The highest BCUT2D eigenvalue weighted by molar-refractivity contribution is 5.82. The van der Waals surface area contributed by atoms with E-state index in [1.54, 1.807) is 4.90 Å². The van der Waals surface area contributed by atoms with E-state index in [1.807, 2.05) is 6.92 Å². The molecule has 1 aliphatic rings. The number of carbonyl (C=O) groups excluding carboxylic acids is 1. The van der Waals surface area contributed by atoms with E-state index in [0.29, 0.717) is 32.0 Å². The minimum Gasteiger partial charge on any atom is -0.480 e. The number of hydrogen-bond donors (Lipinski definition) is 3. The topological polar surface area (TPSA) is 95.7 Å². The Bertz CT molecular complexity index is 283. The number of likely N-dealkylation sites (tertiary alicyclic amines) is 1. The number of hydrogen-bond acceptors (Lipinski definition) is 3. The largest absolute Gasteiger partial charge is 0.480 e. The molecule has 6 nitrogen and oxygen atoms in total. The molecule has 6 heteroatoms. The Morgan fingerprint density at radius 1 is 1.59 bits per heavy atom. The second-order valence-electron chi connectivity index (χ2n) is 4.47. The third-order valence-corrected chi connectivity index (χ3v) is 3.08. The van der Waals surface area contributed by atoms with Gasteiger partial charge in [0.25, 0.3) is 0 Å². The lowest BCUT2D eigenvalue weighted by atomic mass is 10.1. The van der Waals surface area contributed by atoms with Gasteiger partial charge in [0.2, 0.25) is 0 Å². The molecule has 1 aliphatic heterocycles. The van der Waals surface area contributed by atoms with Gasteiger partial charge in [-0.3, -0.25) is 0 Å². The van der Waals surface area contributed by atoms with Crippen molar-refractivity contribution < 1.29 is 14.7 Å². The number of carboxylic acid groups (broad SMARTS) is 1. The van der Waals surface area contributed by atoms with Crippen LogP contribution in [-0.2, 0) is 4.79 Å². The predicted molar refractivity (Wildman–Crippen MR) is 63.6 cm³/mol. The Kier molecular flexibility index (Phi) is 5.21. The first-order chi connectivity index (χ1) is 8.08. The van der Waals surface area contributed by atoms with Crippen LogP contribution in [0.25, 0.3) is 0 Å². The van der Waals surface area contributed by atoms with Crippen LogP contribution in [0.15, 0.2) is 0 Å². The average molecular weight is 243 g/mol. The van der Waals surface area contributed by atoms with Crippen LogP contribution in [0.1, 0.15) is 26.2 Å². The fourth-order valence-electron chi connectivity index (χ4n) is 2.00. The lowest BCUT2D eigenvalue weighted by molar-refractivity contribution is -0.139. The summed E-state index contributed by atoms with van der Waals surface area (Å²) >= 11 is 0. The van der Waals surface area contributed by atoms with Gasteiger partial charge in [-0.1, -0.05) is 13.3 Å². The van der Waals surface area contributed by atoms with Gasteiger partial charge < -0.3 is 21.1 Å². The number of nitrogens with two attached hydrogens (primary N) is 1. The molecule has 1 fully saturated rings. The Balaban J connectivity index is 2.45. The lowest BCUT2D eigenvalue weighted by Crippen LogP contribution is -2.47. The molecule has 0 bridgehead atoms. The number of amides is 2. The zero-order valence-corrected chi connectivity index (χ0v) is 10.2. The summed E-state index contributed by atoms with van der Waals surface area (Å²) in [5.74, 6) is -0.634. The number of urea groups is 1. The number of carboxylic acids is 1. The first-order valence-electron chi connectivity index (χ1n) is 6.06. The minimum absolute atomic E-state index is 0.290. The standard InChI is InChI=1S/C11H21N3O3/c1-2-3-9(10(15)16)13-11(17)14-5-4-8(6-12)7-14/h8-9H,2-7,12H2,1H3,(H,13,17)(H,15,16)/t8?,9-/m1/s1. The van der Waals surface area contributed by atoms with Gasteiger partial charge in [0.15, 0.2) is 0 Å². The van der Waals surface area contributed by atoms with Crippen LogP contribution in [0.2, 0.25) is 0 Å². The van der Waals surface area contributed by atoms with Crippen molar-refractivity contribution in [1.29, 1.82) is 0 Å². The molecular weight excluding hydrogens is 222 g/mol. The monoisotopic (exact) mass is 243 g/mol. The number of carbonyl (C=O) groups is 2. The summed E-state index contributed by atoms with van der Waals surface area (Å²) in [5.41, 5.74) is 5.54. The van der Waals surface area contributed by atoms with Crippen molar-refractivity contribution in [3.63, 3.8) is 0 Å². The maximum absolute atomic E-state index is 11.8. The molecule has 4 N–H and O–H groups in total. The van der Waals surface area contributed by atoms with E-state index in [9.17, 15) is 9.59 Å². The zero-order chi connectivity index (χ0) is 12.8. The van der Waals surface area contributed by atoms with Crippen molar-refractivity contribution in [3.8, 4) is 0 Å². The van der Waals surface area contributed by atoms with Crippen LogP contribution in [0.4, 0.5) is 4.79 Å². The van der Waals surface area contributed by atoms with Gasteiger partial charge in [0, 0.05) is 13.1 Å². The Morgan fingerprint density at radius 2 is 2.29 bits per heavy atom. The first kappa shape index (κ1) is 13.8. The van der Waals surface area contributed by atoms with Crippen molar-refractivity contribution in [3.05, 3.63) is 0 Å². The maximum atomic E-state index is 11.8. The molecule has 1 saturated heterocycles. The third kappa shape index (κ3) is 3.89. The molecule has 0 spiro atoms. The quantitative estimate of drug-likeness (QED) is 0.644. The number of nitrogens with one attached hydrogen (secondary N) is 1. The second kappa shape index (κ2) is 6.44. The molecule has 0 aromatic rings. The van der Waals surface area contributed by atoms with E-state index in [2.05, 4.69) is 5.32 Å². The van der Waals surface area contributed by atoms with Gasteiger partial charge in [0.05, 0.1) is 0 Å². The van der Waals surface area contributed by atoms with Gasteiger partial charge in [-0.05, 0) is 25.3 Å². The van der Waals surface area contributed by atoms with Crippen molar-refractivity contribution in [2.75, 3.05) is 19.6 Å². The molecule has 0 aromatic heterocycles. The summed E-state index contributed by atoms with van der Waals surface area (Å²) in [4.78, 5) is 24.4. The Labute approximate surface area is 101 Å². The predicted octanol–water partition coefficient (Wildman–Crippen LogP) is 0.230. The van der Waals surface area contributed by atoms with Crippen LogP contribution in [0, 0.1) is 5.92 Å². The Morgan fingerprint density at radius 3 is 2.76 bits per heavy atom. The van der Waals surface area contributed by atoms with Gasteiger partial charge >= 0.3 is 12.0 Å². The summed E-state index contributed by atoms with van der Waals surface area (Å²) in [6.45, 7) is 3.75. The van der Waals surface area contributed by atoms with Crippen molar-refractivity contribution in [2.24, 2.45) is 11.7 Å². The molecule has 17 heavy (non-hydrogen) atoms. The number of rotatable bonds is 5. The van der Waals surface area contributed by atoms with Crippen molar-refractivity contribution in [2.45, 2.75) is 32.2 Å².